The maximum Gasteiger partial charge on any atom is 0.433 e. The topological polar surface area (TPSA) is 161 Å². The number of carbonyl (C=O) groups is 1. The number of ether oxygens (including phenoxy) is 1. The van der Waals surface area contributed by atoms with Gasteiger partial charge in [0.2, 0.25) is 0 Å². The highest BCUT2D eigenvalue weighted by Gasteiger charge is 2.41. The molecule has 11 nitrogen and oxygen atoms in total. The summed E-state index contributed by atoms with van der Waals surface area (Å²) in [5.74, 6) is 2.27. The summed E-state index contributed by atoms with van der Waals surface area (Å²) in [7, 11) is 0. The number of anilines is 1. The van der Waals surface area contributed by atoms with Gasteiger partial charge in [0.15, 0.2) is 23.1 Å². The first-order chi connectivity index (χ1) is 19.2. The van der Waals surface area contributed by atoms with Crippen LogP contribution < -0.4 is 11.1 Å². The first-order valence-electron chi connectivity index (χ1n) is 14.7. The number of amidine groups is 1. The summed E-state index contributed by atoms with van der Waals surface area (Å²) >= 11 is 0. The van der Waals surface area contributed by atoms with Gasteiger partial charge in [0, 0.05) is 25.8 Å². The van der Waals surface area contributed by atoms with Crippen LogP contribution >= 0.6 is 0 Å². The van der Waals surface area contributed by atoms with E-state index in [0.717, 1.165) is 51.4 Å². The molecule has 3 fully saturated rings. The number of nitrogens with zero attached hydrogens (tertiary/aromatic N) is 5. The lowest BCUT2D eigenvalue weighted by atomic mass is 9.80. The molecule has 2 aliphatic carbocycles. The van der Waals surface area contributed by atoms with Gasteiger partial charge < -0.3 is 30.6 Å². The number of rotatable bonds is 9. The SMILES string of the molecule is C=CC1CCC(Cn2c(C(C)(O)C3CCOCC3)nc3nc(C(N)=NC(=O)O)nc(NC(C)C4CCC4)c32)CC1. The standard InChI is InChI=1S/C29H43N7O4/c1-4-18-8-10-19(11-9-18)16-36-22-24(31-17(2)20-6-5-7-20)33-26(23(30)32-28(37)38)34-25(22)35-27(36)29(3,39)21-12-14-40-15-13-21/h4,17-21,39H,1,5-16H2,2-3H3,(H2,30,32)(H,37,38)(H,31,33,34). The number of imidazole rings is 1. The van der Waals surface area contributed by atoms with Crippen LogP contribution in [0.15, 0.2) is 17.6 Å². The second-order valence-electron chi connectivity index (χ2n) is 12.1. The molecule has 218 valence electrons. The molecule has 2 aromatic heterocycles. The van der Waals surface area contributed by atoms with E-state index >= 15 is 0 Å². The fourth-order valence-electron chi connectivity index (χ4n) is 6.55. The highest BCUT2D eigenvalue weighted by molar-refractivity contribution is 6.01. The molecule has 11 heteroatoms. The minimum atomic E-state index is -1.41. The molecule has 3 heterocycles. The van der Waals surface area contributed by atoms with E-state index in [9.17, 15) is 15.0 Å². The van der Waals surface area contributed by atoms with Crippen molar-refractivity contribution in [3.05, 3.63) is 24.3 Å². The first kappa shape index (κ1) is 28.5. The maximum atomic E-state index is 12.1. The van der Waals surface area contributed by atoms with Crippen molar-refractivity contribution in [3.63, 3.8) is 0 Å². The maximum absolute atomic E-state index is 12.1. The summed E-state index contributed by atoms with van der Waals surface area (Å²) in [6.07, 6.45) is 9.94. The average molecular weight is 554 g/mol. The number of carboxylic acid groups (broad SMARTS) is 1. The highest BCUT2D eigenvalue weighted by atomic mass is 16.5. The summed E-state index contributed by atoms with van der Waals surface area (Å²) in [6.45, 7) is 9.86. The number of fused-ring (bicyclic) bond motifs is 1. The third-order valence-corrected chi connectivity index (χ3v) is 9.40. The third-order valence-electron chi connectivity index (χ3n) is 9.40. The molecule has 5 N–H and O–H groups in total. The van der Waals surface area contributed by atoms with Crippen LogP contribution in [-0.2, 0) is 16.9 Å². The summed E-state index contributed by atoms with van der Waals surface area (Å²) in [6, 6.07) is 0.142. The summed E-state index contributed by atoms with van der Waals surface area (Å²) in [5, 5.41) is 24.8. The van der Waals surface area contributed by atoms with Crippen molar-refractivity contribution in [2.45, 2.75) is 89.8 Å². The zero-order valence-corrected chi connectivity index (χ0v) is 23.7. The number of aliphatic imine (C=N–C) groups is 1. The van der Waals surface area contributed by atoms with Crippen LogP contribution in [0, 0.1) is 23.7 Å². The van der Waals surface area contributed by atoms with Gasteiger partial charge in [-0.1, -0.05) is 12.5 Å². The van der Waals surface area contributed by atoms with Gasteiger partial charge in [-0.05, 0) is 88.9 Å². The van der Waals surface area contributed by atoms with Gasteiger partial charge in [-0.2, -0.15) is 4.99 Å². The number of hydrogen-bond acceptors (Lipinski definition) is 7. The molecular weight excluding hydrogens is 510 g/mol. The van der Waals surface area contributed by atoms with Gasteiger partial charge >= 0.3 is 6.09 Å². The van der Waals surface area contributed by atoms with Gasteiger partial charge in [0.25, 0.3) is 0 Å². The van der Waals surface area contributed by atoms with Crippen LogP contribution in [0.3, 0.4) is 0 Å². The van der Waals surface area contributed by atoms with Crippen molar-refractivity contribution in [3.8, 4) is 0 Å². The van der Waals surface area contributed by atoms with Gasteiger partial charge in [0.1, 0.15) is 16.9 Å². The Labute approximate surface area is 235 Å². The van der Waals surface area contributed by atoms with Crippen molar-refractivity contribution in [1.29, 1.82) is 0 Å². The van der Waals surface area contributed by atoms with Gasteiger partial charge in [-0.25, -0.2) is 19.7 Å². The minimum Gasteiger partial charge on any atom is -0.463 e. The van der Waals surface area contributed by atoms with E-state index in [1.54, 1.807) is 0 Å². The molecule has 0 aromatic carbocycles. The van der Waals surface area contributed by atoms with Crippen LogP contribution in [0.5, 0.6) is 0 Å². The third kappa shape index (κ3) is 5.85. The molecule has 0 radical (unpaired) electrons. The van der Waals surface area contributed by atoms with Crippen molar-refractivity contribution in [2.24, 2.45) is 34.4 Å². The Morgan fingerprint density at radius 1 is 1.20 bits per heavy atom. The van der Waals surface area contributed by atoms with Crippen LogP contribution in [0.1, 0.15) is 83.3 Å². The van der Waals surface area contributed by atoms with Crippen LogP contribution in [0.4, 0.5) is 10.6 Å². The molecule has 0 bridgehead atoms. The lowest BCUT2D eigenvalue weighted by molar-refractivity contribution is -0.0654. The Balaban J connectivity index is 1.64. The van der Waals surface area contributed by atoms with Crippen molar-refractivity contribution >= 4 is 28.9 Å². The van der Waals surface area contributed by atoms with E-state index in [-0.39, 0.29) is 23.6 Å². The Kier molecular flexibility index (Phi) is 8.42. The molecule has 2 aromatic rings. The van der Waals surface area contributed by atoms with Crippen LogP contribution in [-0.4, -0.2) is 60.9 Å². The van der Waals surface area contributed by atoms with E-state index < -0.39 is 11.7 Å². The Hall–Kier alpha value is -3.05. The van der Waals surface area contributed by atoms with Gasteiger partial charge in [-0.3, -0.25) is 0 Å². The van der Waals surface area contributed by atoms with Gasteiger partial charge in [0.05, 0.1) is 0 Å². The molecule has 1 aliphatic heterocycles. The second kappa shape index (κ2) is 11.8. The number of nitrogens with one attached hydrogen (secondary N) is 1. The zero-order chi connectivity index (χ0) is 28.4. The smallest absolute Gasteiger partial charge is 0.433 e. The molecule has 2 atom stereocenters. The Bertz CT molecular complexity index is 1250. The van der Waals surface area contributed by atoms with E-state index in [1.165, 1.54) is 6.42 Å². The number of aliphatic hydroxyl groups is 1. The van der Waals surface area contributed by atoms with Crippen molar-refractivity contribution in [2.75, 3.05) is 18.5 Å². The molecule has 2 unspecified atom stereocenters. The van der Waals surface area contributed by atoms with E-state index in [1.807, 2.05) is 6.92 Å². The zero-order valence-electron chi connectivity index (χ0n) is 23.7. The quantitative estimate of drug-likeness (QED) is 0.200. The summed E-state index contributed by atoms with van der Waals surface area (Å²) in [4.78, 5) is 28.9. The summed E-state index contributed by atoms with van der Waals surface area (Å²) < 4.78 is 7.70. The number of aromatic nitrogens is 4. The molecule has 0 spiro atoms. The minimum absolute atomic E-state index is 0.00612. The predicted octanol–water partition coefficient (Wildman–Crippen LogP) is 4.44. The summed E-state index contributed by atoms with van der Waals surface area (Å²) in [5.41, 5.74) is 5.88. The van der Waals surface area contributed by atoms with Crippen LogP contribution in [0.2, 0.25) is 0 Å². The molecule has 1 amide bonds. The molecule has 2 saturated carbocycles. The molecule has 40 heavy (non-hydrogen) atoms. The monoisotopic (exact) mass is 553 g/mol. The first-order valence-corrected chi connectivity index (χ1v) is 14.7. The van der Waals surface area contributed by atoms with E-state index in [4.69, 9.17) is 20.4 Å². The molecule has 3 aliphatic rings. The Morgan fingerprint density at radius 3 is 2.50 bits per heavy atom. The molecule has 5 rings (SSSR count). The lowest BCUT2D eigenvalue weighted by Crippen LogP contribution is -2.39. The van der Waals surface area contributed by atoms with Gasteiger partial charge in [-0.15, -0.1) is 6.58 Å². The fraction of sp³-hybridized carbons (Fsp3) is 0.690. The lowest BCUT2D eigenvalue weighted by Gasteiger charge is -2.36. The highest BCUT2D eigenvalue weighted by Crippen LogP contribution is 2.40. The van der Waals surface area contributed by atoms with E-state index in [0.29, 0.717) is 60.3 Å². The normalized spacial score (nSPS) is 25.2. The fourth-order valence-corrected chi connectivity index (χ4v) is 6.55. The predicted molar refractivity (Wildman–Crippen MR) is 153 cm³/mol. The molecule has 1 saturated heterocycles. The Morgan fingerprint density at radius 2 is 1.90 bits per heavy atom. The number of hydrogen-bond donors (Lipinski definition) is 4. The van der Waals surface area contributed by atoms with Crippen LogP contribution in [0.25, 0.3) is 11.2 Å². The number of nitrogens with two attached hydrogens (primary N) is 1. The second-order valence-corrected chi connectivity index (χ2v) is 12.1. The number of allylic oxidation sites excluding steroid dienone is 1. The van der Waals surface area contributed by atoms with Crippen molar-refractivity contribution in [1.82, 2.24) is 19.5 Å². The largest absolute Gasteiger partial charge is 0.463 e. The molecular formula is C29H43N7O4. The number of amides is 1. The van der Waals surface area contributed by atoms with E-state index in [2.05, 4.69) is 39.4 Å². The van der Waals surface area contributed by atoms with Crippen molar-refractivity contribution < 1.29 is 19.7 Å². The average Bonchev–Trinajstić information content (AvgIpc) is 3.27.